The summed E-state index contributed by atoms with van der Waals surface area (Å²) in [5, 5.41) is 0. The highest BCUT2D eigenvalue weighted by atomic mass is 16.5. The molecule has 0 atom stereocenters. The highest BCUT2D eigenvalue weighted by Crippen LogP contribution is 2.22. The van der Waals surface area contributed by atoms with Crippen molar-refractivity contribution in [1.29, 1.82) is 0 Å². The number of benzene rings is 1. The van der Waals surface area contributed by atoms with Crippen LogP contribution in [0.2, 0.25) is 0 Å². The van der Waals surface area contributed by atoms with Crippen molar-refractivity contribution < 1.29 is 9.53 Å². The molecule has 1 heterocycles. The Bertz CT molecular complexity index is 417. The maximum atomic E-state index is 11.6. The Kier molecular flexibility index (Phi) is 3.71. The molecule has 0 aliphatic carbocycles. The van der Waals surface area contributed by atoms with Crippen molar-refractivity contribution in [3.05, 3.63) is 35.4 Å². The van der Waals surface area contributed by atoms with Gasteiger partial charge in [0.15, 0.2) is 0 Å². The molecule has 1 aliphatic heterocycles. The fraction of sp³-hybridized carbons (Fsp3) is 0.533. The number of nitrogens with zero attached hydrogens (tertiary/aromatic N) is 1. The van der Waals surface area contributed by atoms with E-state index < -0.39 is 0 Å². The van der Waals surface area contributed by atoms with Gasteiger partial charge in [-0.1, -0.05) is 45.0 Å². The summed E-state index contributed by atoms with van der Waals surface area (Å²) in [6, 6.07) is 8.53. The Balaban J connectivity index is 2.04. The Morgan fingerprint density at radius 2 is 1.89 bits per heavy atom. The fourth-order valence-corrected chi connectivity index (χ4v) is 2.05. The Morgan fingerprint density at radius 1 is 1.22 bits per heavy atom. The molecule has 0 N–H and O–H groups in total. The predicted molar refractivity (Wildman–Crippen MR) is 71.4 cm³/mol. The highest BCUT2D eigenvalue weighted by Gasteiger charge is 2.19. The Labute approximate surface area is 109 Å². The number of hydrogen-bond donors (Lipinski definition) is 0. The van der Waals surface area contributed by atoms with E-state index in [0.29, 0.717) is 19.7 Å². The van der Waals surface area contributed by atoms with Crippen molar-refractivity contribution in [2.45, 2.75) is 32.7 Å². The van der Waals surface area contributed by atoms with Crippen LogP contribution in [0.15, 0.2) is 24.3 Å². The SMILES string of the molecule is CC(C)(C)c1ccc(CN2CCOCC2=O)cc1. The van der Waals surface area contributed by atoms with Crippen molar-refractivity contribution in [1.82, 2.24) is 4.90 Å². The maximum Gasteiger partial charge on any atom is 0.248 e. The fourth-order valence-electron chi connectivity index (χ4n) is 2.05. The number of amides is 1. The van der Waals surface area contributed by atoms with Crippen molar-refractivity contribution >= 4 is 5.91 Å². The van der Waals surface area contributed by atoms with Crippen LogP contribution in [0.4, 0.5) is 0 Å². The highest BCUT2D eigenvalue weighted by molar-refractivity contribution is 5.77. The van der Waals surface area contributed by atoms with Crippen LogP contribution in [0.25, 0.3) is 0 Å². The van der Waals surface area contributed by atoms with Crippen LogP contribution in [0.5, 0.6) is 0 Å². The lowest BCUT2D eigenvalue weighted by Crippen LogP contribution is -2.40. The van der Waals surface area contributed by atoms with Gasteiger partial charge in [-0.3, -0.25) is 4.79 Å². The van der Waals surface area contributed by atoms with Gasteiger partial charge in [-0.25, -0.2) is 0 Å². The third kappa shape index (κ3) is 3.10. The Morgan fingerprint density at radius 3 is 2.44 bits per heavy atom. The first-order valence-corrected chi connectivity index (χ1v) is 6.42. The molecule has 0 aromatic heterocycles. The number of carbonyl (C=O) groups excluding carboxylic acids is 1. The van der Waals surface area contributed by atoms with Gasteiger partial charge in [0.2, 0.25) is 5.91 Å². The number of morpholine rings is 1. The first kappa shape index (κ1) is 13.1. The molecule has 1 aliphatic rings. The summed E-state index contributed by atoms with van der Waals surface area (Å²) in [5.41, 5.74) is 2.67. The van der Waals surface area contributed by atoms with E-state index in [2.05, 4.69) is 45.0 Å². The molecule has 1 aromatic carbocycles. The van der Waals surface area contributed by atoms with Gasteiger partial charge in [-0.15, -0.1) is 0 Å². The molecule has 0 radical (unpaired) electrons. The molecule has 18 heavy (non-hydrogen) atoms. The summed E-state index contributed by atoms with van der Waals surface area (Å²) >= 11 is 0. The molecular weight excluding hydrogens is 226 g/mol. The van der Waals surface area contributed by atoms with Crippen molar-refractivity contribution in [3.8, 4) is 0 Å². The second kappa shape index (κ2) is 5.11. The number of rotatable bonds is 2. The van der Waals surface area contributed by atoms with E-state index in [1.807, 2.05) is 4.90 Å². The smallest absolute Gasteiger partial charge is 0.248 e. The molecule has 1 saturated heterocycles. The standard InChI is InChI=1S/C15H21NO2/c1-15(2,3)13-6-4-12(5-7-13)10-16-8-9-18-11-14(16)17/h4-7H,8-11H2,1-3H3. The summed E-state index contributed by atoms with van der Waals surface area (Å²) < 4.78 is 5.12. The quantitative estimate of drug-likeness (QED) is 0.803. The van der Waals surface area contributed by atoms with Crippen molar-refractivity contribution in [2.75, 3.05) is 19.8 Å². The summed E-state index contributed by atoms with van der Waals surface area (Å²) in [7, 11) is 0. The molecular formula is C15H21NO2. The van der Waals surface area contributed by atoms with E-state index in [1.54, 1.807) is 0 Å². The zero-order chi connectivity index (χ0) is 13.2. The van der Waals surface area contributed by atoms with Crippen LogP contribution in [0.1, 0.15) is 31.9 Å². The largest absolute Gasteiger partial charge is 0.370 e. The van der Waals surface area contributed by atoms with Crippen LogP contribution < -0.4 is 0 Å². The van der Waals surface area contributed by atoms with Gasteiger partial charge in [0.05, 0.1) is 6.61 Å². The normalized spacial score (nSPS) is 17.1. The summed E-state index contributed by atoms with van der Waals surface area (Å²) in [5.74, 6) is 0.0844. The minimum atomic E-state index is 0.0844. The summed E-state index contributed by atoms with van der Waals surface area (Å²) in [4.78, 5) is 13.5. The molecule has 2 rings (SSSR count). The van der Waals surface area contributed by atoms with Crippen molar-refractivity contribution in [2.24, 2.45) is 0 Å². The van der Waals surface area contributed by atoms with E-state index in [0.717, 1.165) is 0 Å². The van der Waals surface area contributed by atoms with Crippen molar-refractivity contribution in [3.63, 3.8) is 0 Å². The first-order valence-electron chi connectivity index (χ1n) is 6.42. The Hall–Kier alpha value is -1.35. The van der Waals surface area contributed by atoms with Gasteiger partial charge in [-0.05, 0) is 16.5 Å². The molecule has 0 saturated carbocycles. The number of carbonyl (C=O) groups is 1. The minimum absolute atomic E-state index is 0.0844. The lowest BCUT2D eigenvalue weighted by atomic mass is 9.87. The zero-order valence-corrected chi connectivity index (χ0v) is 11.4. The lowest BCUT2D eigenvalue weighted by molar-refractivity contribution is -0.143. The van der Waals surface area contributed by atoms with E-state index in [1.165, 1.54) is 11.1 Å². The molecule has 0 spiro atoms. The van der Waals surface area contributed by atoms with Gasteiger partial charge < -0.3 is 9.64 Å². The zero-order valence-electron chi connectivity index (χ0n) is 11.4. The van der Waals surface area contributed by atoms with Gasteiger partial charge in [0.1, 0.15) is 6.61 Å². The van der Waals surface area contributed by atoms with Gasteiger partial charge >= 0.3 is 0 Å². The molecule has 0 bridgehead atoms. The molecule has 3 nitrogen and oxygen atoms in total. The lowest BCUT2D eigenvalue weighted by Gasteiger charge is -2.27. The van der Waals surface area contributed by atoms with Crippen LogP contribution in [0, 0.1) is 0 Å². The third-order valence-corrected chi connectivity index (χ3v) is 3.28. The molecule has 0 unspecified atom stereocenters. The van der Waals surface area contributed by atoms with Crippen LogP contribution >= 0.6 is 0 Å². The predicted octanol–water partition coefficient (Wildman–Crippen LogP) is 2.34. The molecule has 1 amide bonds. The monoisotopic (exact) mass is 247 g/mol. The molecule has 98 valence electrons. The van der Waals surface area contributed by atoms with Crippen LogP contribution in [-0.4, -0.2) is 30.6 Å². The number of ether oxygens (including phenoxy) is 1. The van der Waals surface area contributed by atoms with E-state index in [-0.39, 0.29) is 17.9 Å². The first-order chi connectivity index (χ1) is 8.47. The van der Waals surface area contributed by atoms with Gasteiger partial charge in [0, 0.05) is 13.1 Å². The third-order valence-electron chi connectivity index (χ3n) is 3.28. The maximum absolute atomic E-state index is 11.6. The van der Waals surface area contributed by atoms with Gasteiger partial charge in [-0.2, -0.15) is 0 Å². The van der Waals surface area contributed by atoms with E-state index in [4.69, 9.17) is 4.74 Å². The van der Waals surface area contributed by atoms with Crippen LogP contribution in [0.3, 0.4) is 0 Å². The average molecular weight is 247 g/mol. The van der Waals surface area contributed by atoms with Crippen LogP contribution in [-0.2, 0) is 21.5 Å². The van der Waals surface area contributed by atoms with E-state index >= 15 is 0 Å². The second-order valence-corrected chi connectivity index (χ2v) is 5.81. The number of hydrogen-bond acceptors (Lipinski definition) is 2. The van der Waals surface area contributed by atoms with Gasteiger partial charge in [0.25, 0.3) is 0 Å². The van der Waals surface area contributed by atoms with E-state index in [9.17, 15) is 4.79 Å². The summed E-state index contributed by atoms with van der Waals surface area (Å²) in [6.07, 6.45) is 0. The molecule has 3 heteroatoms. The topological polar surface area (TPSA) is 29.5 Å². The molecule has 1 fully saturated rings. The molecule has 1 aromatic rings. The minimum Gasteiger partial charge on any atom is -0.370 e. The second-order valence-electron chi connectivity index (χ2n) is 5.81. The average Bonchev–Trinajstić information content (AvgIpc) is 2.32. The summed E-state index contributed by atoms with van der Waals surface area (Å²) in [6.45, 7) is 8.85.